The van der Waals surface area contributed by atoms with Crippen LogP contribution >= 0.6 is 23.4 Å². The second-order valence-electron chi connectivity index (χ2n) is 5.21. The van der Waals surface area contributed by atoms with E-state index in [4.69, 9.17) is 20.5 Å². The van der Waals surface area contributed by atoms with Gasteiger partial charge in [-0.1, -0.05) is 58.9 Å². The van der Waals surface area contributed by atoms with Crippen LogP contribution in [0.1, 0.15) is 5.76 Å². The topological polar surface area (TPSA) is 65.0 Å². The molecule has 25 heavy (non-hydrogen) atoms. The normalized spacial score (nSPS) is 10.9. The Kier molecular flexibility index (Phi) is 4.54. The molecule has 0 atom stereocenters. The molecule has 0 N–H and O–H groups in total. The lowest BCUT2D eigenvalue weighted by Gasteiger charge is -1.94. The van der Waals surface area contributed by atoms with Crippen LogP contribution in [0.5, 0.6) is 0 Å². The van der Waals surface area contributed by atoms with Gasteiger partial charge in [-0.2, -0.15) is 0 Å². The quantitative estimate of drug-likeness (QED) is 0.442. The highest BCUT2D eigenvalue weighted by molar-refractivity contribution is 7.98. The predicted octanol–water partition coefficient (Wildman–Crippen LogP) is 5.34. The molecule has 0 radical (unpaired) electrons. The summed E-state index contributed by atoms with van der Waals surface area (Å²) in [5, 5.41) is 13.4. The summed E-state index contributed by atoms with van der Waals surface area (Å²) in [6.07, 6.45) is 0. The van der Waals surface area contributed by atoms with Gasteiger partial charge in [-0.25, -0.2) is 0 Å². The molecule has 0 fully saturated rings. The van der Waals surface area contributed by atoms with Gasteiger partial charge in [0.15, 0.2) is 0 Å². The Hall–Kier alpha value is -2.57. The molecule has 4 rings (SSSR count). The molecule has 124 valence electrons. The molecular formula is C18H12ClN3O2S. The van der Waals surface area contributed by atoms with E-state index in [1.807, 2.05) is 60.7 Å². The molecular weight excluding hydrogens is 358 g/mol. The van der Waals surface area contributed by atoms with Crippen LogP contribution in [0.2, 0.25) is 5.02 Å². The standard InChI is InChI=1S/C18H12ClN3O2S/c19-14-8-6-12(7-9-14)16-10-15(24-22-16)11-25-18-21-20-17(23-18)13-4-2-1-3-5-13/h1-10H,11H2. The Balaban J connectivity index is 1.42. The molecule has 0 saturated carbocycles. The Morgan fingerprint density at radius 2 is 1.72 bits per heavy atom. The minimum Gasteiger partial charge on any atom is -0.411 e. The van der Waals surface area contributed by atoms with Gasteiger partial charge in [-0.15, -0.1) is 10.2 Å². The second-order valence-corrected chi connectivity index (χ2v) is 6.58. The fourth-order valence-electron chi connectivity index (χ4n) is 2.24. The SMILES string of the molecule is Clc1ccc(-c2cc(CSc3nnc(-c4ccccc4)o3)on2)cc1. The first kappa shape index (κ1) is 15.9. The van der Waals surface area contributed by atoms with Gasteiger partial charge in [0, 0.05) is 22.2 Å². The summed E-state index contributed by atoms with van der Waals surface area (Å²) >= 11 is 7.30. The van der Waals surface area contributed by atoms with E-state index in [1.54, 1.807) is 0 Å². The van der Waals surface area contributed by atoms with Crippen molar-refractivity contribution in [2.45, 2.75) is 11.0 Å². The number of halogens is 1. The summed E-state index contributed by atoms with van der Waals surface area (Å²) in [6.45, 7) is 0. The molecule has 0 amide bonds. The van der Waals surface area contributed by atoms with Crippen molar-refractivity contribution in [1.82, 2.24) is 15.4 Å². The monoisotopic (exact) mass is 369 g/mol. The zero-order valence-electron chi connectivity index (χ0n) is 12.9. The van der Waals surface area contributed by atoms with Gasteiger partial charge in [-0.05, 0) is 24.3 Å². The highest BCUT2D eigenvalue weighted by Gasteiger charge is 2.11. The molecule has 0 aliphatic heterocycles. The Morgan fingerprint density at radius 1 is 0.920 bits per heavy atom. The van der Waals surface area contributed by atoms with Gasteiger partial charge in [0.2, 0.25) is 5.89 Å². The van der Waals surface area contributed by atoms with E-state index in [1.165, 1.54) is 11.8 Å². The Labute approximate surface area is 153 Å². The summed E-state index contributed by atoms with van der Waals surface area (Å²) in [4.78, 5) is 0. The van der Waals surface area contributed by atoms with Gasteiger partial charge in [0.25, 0.3) is 5.22 Å². The minimum absolute atomic E-state index is 0.489. The first-order valence-corrected chi connectivity index (χ1v) is 8.87. The number of hydrogen-bond donors (Lipinski definition) is 0. The molecule has 0 aliphatic carbocycles. The number of nitrogens with zero attached hydrogens (tertiary/aromatic N) is 3. The van der Waals surface area contributed by atoms with Crippen LogP contribution in [0, 0.1) is 0 Å². The summed E-state index contributed by atoms with van der Waals surface area (Å²) in [5.74, 6) is 1.79. The molecule has 7 heteroatoms. The maximum atomic E-state index is 5.90. The Bertz CT molecular complexity index is 967. The molecule has 0 spiro atoms. The number of hydrogen-bond acceptors (Lipinski definition) is 6. The lowest BCUT2D eigenvalue weighted by molar-refractivity contribution is 0.396. The van der Waals surface area contributed by atoms with E-state index in [-0.39, 0.29) is 0 Å². The zero-order valence-corrected chi connectivity index (χ0v) is 14.5. The van der Waals surface area contributed by atoms with Crippen molar-refractivity contribution >= 4 is 23.4 Å². The zero-order chi connectivity index (χ0) is 17.1. The molecule has 0 bridgehead atoms. The van der Waals surface area contributed by atoms with Gasteiger partial charge in [-0.3, -0.25) is 0 Å². The van der Waals surface area contributed by atoms with Crippen molar-refractivity contribution in [3.8, 4) is 22.7 Å². The smallest absolute Gasteiger partial charge is 0.277 e. The van der Waals surface area contributed by atoms with Crippen molar-refractivity contribution < 1.29 is 8.94 Å². The van der Waals surface area contributed by atoms with Crippen molar-refractivity contribution in [2.75, 3.05) is 0 Å². The highest BCUT2D eigenvalue weighted by Crippen LogP contribution is 2.27. The fourth-order valence-corrected chi connectivity index (χ4v) is 3.00. The van der Waals surface area contributed by atoms with Crippen LogP contribution < -0.4 is 0 Å². The van der Waals surface area contributed by atoms with Crippen molar-refractivity contribution in [3.05, 3.63) is 71.4 Å². The number of aromatic nitrogens is 3. The third-order valence-corrected chi connectivity index (χ3v) is 4.56. The van der Waals surface area contributed by atoms with Crippen LogP contribution in [0.3, 0.4) is 0 Å². The molecule has 4 aromatic rings. The third-order valence-electron chi connectivity index (χ3n) is 3.46. The van der Waals surface area contributed by atoms with Crippen molar-refractivity contribution in [1.29, 1.82) is 0 Å². The van der Waals surface area contributed by atoms with E-state index in [9.17, 15) is 0 Å². The molecule has 0 aliphatic rings. The minimum atomic E-state index is 0.489. The number of benzene rings is 2. The third kappa shape index (κ3) is 3.75. The van der Waals surface area contributed by atoms with Gasteiger partial charge in [0.05, 0.1) is 5.75 Å². The average molecular weight is 370 g/mol. The summed E-state index contributed by atoms with van der Waals surface area (Å²) in [5.41, 5.74) is 2.61. The van der Waals surface area contributed by atoms with E-state index < -0.39 is 0 Å². The van der Waals surface area contributed by atoms with Crippen LogP contribution in [-0.2, 0) is 5.75 Å². The Morgan fingerprint density at radius 3 is 2.52 bits per heavy atom. The van der Waals surface area contributed by atoms with Gasteiger partial charge < -0.3 is 8.94 Å². The van der Waals surface area contributed by atoms with Crippen molar-refractivity contribution in [3.63, 3.8) is 0 Å². The second kappa shape index (κ2) is 7.13. The molecule has 2 aromatic heterocycles. The van der Waals surface area contributed by atoms with E-state index in [2.05, 4.69) is 15.4 Å². The maximum absolute atomic E-state index is 5.90. The molecule has 0 unspecified atom stereocenters. The average Bonchev–Trinajstić information content (AvgIpc) is 3.31. The first-order chi connectivity index (χ1) is 12.3. The lowest BCUT2D eigenvalue weighted by atomic mass is 10.1. The summed E-state index contributed by atoms with van der Waals surface area (Å²) in [6, 6.07) is 19.0. The number of rotatable bonds is 5. The first-order valence-electron chi connectivity index (χ1n) is 7.51. The maximum Gasteiger partial charge on any atom is 0.277 e. The summed E-state index contributed by atoms with van der Waals surface area (Å²) < 4.78 is 11.0. The van der Waals surface area contributed by atoms with Crippen LogP contribution in [-0.4, -0.2) is 15.4 Å². The largest absolute Gasteiger partial charge is 0.411 e. The molecule has 5 nitrogen and oxygen atoms in total. The number of thioether (sulfide) groups is 1. The highest BCUT2D eigenvalue weighted by atomic mass is 35.5. The van der Waals surface area contributed by atoms with Crippen LogP contribution in [0.4, 0.5) is 0 Å². The lowest BCUT2D eigenvalue weighted by Crippen LogP contribution is -1.77. The van der Waals surface area contributed by atoms with Crippen LogP contribution in [0.15, 0.2) is 74.8 Å². The summed E-state index contributed by atoms with van der Waals surface area (Å²) in [7, 11) is 0. The van der Waals surface area contributed by atoms with E-state index in [0.29, 0.717) is 21.9 Å². The van der Waals surface area contributed by atoms with Gasteiger partial charge >= 0.3 is 0 Å². The predicted molar refractivity (Wildman–Crippen MR) is 96.2 cm³/mol. The molecule has 0 saturated heterocycles. The molecule has 2 heterocycles. The molecule has 2 aromatic carbocycles. The fraction of sp³-hybridized carbons (Fsp3) is 0.0556. The van der Waals surface area contributed by atoms with Crippen molar-refractivity contribution in [2.24, 2.45) is 0 Å². The van der Waals surface area contributed by atoms with E-state index >= 15 is 0 Å². The van der Waals surface area contributed by atoms with Crippen LogP contribution in [0.25, 0.3) is 22.7 Å². The van der Waals surface area contributed by atoms with Gasteiger partial charge in [0.1, 0.15) is 11.5 Å². The van der Waals surface area contributed by atoms with E-state index in [0.717, 1.165) is 22.6 Å².